The highest BCUT2D eigenvalue weighted by atomic mass is 16.4. The summed E-state index contributed by atoms with van der Waals surface area (Å²) in [6, 6.07) is 6.76. The summed E-state index contributed by atoms with van der Waals surface area (Å²) in [7, 11) is 0. The van der Waals surface area contributed by atoms with Crippen LogP contribution in [0.4, 0.5) is 0 Å². The number of hydrogen-bond donors (Lipinski definition) is 4. The number of rotatable bonds is 5. The second kappa shape index (κ2) is 6.56. The molecule has 2 aromatic rings. The van der Waals surface area contributed by atoms with Crippen molar-refractivity contribution >= 4 is 11.7 Å². The van der Waals surface area contributed by atoms with E-state index >= 15 is 0 Å². The van der Waals surface area contributed by atoms with Gasteiger partial charge < -0.3 is 21.2 Å². The van der Waals surface area contributed by atoms with Gasteiger partial charge in [0.1, 0.15) is 5.82 Å². The van der Waals surface area contributed by atoms with Gasteiger partial charge >= 0.3 is 0 Å². The van der Waals surface area contributed by atoms with Crippen LogP contribution < -0.4 is 11.1 Å². The van der Waals surface area contributed by atoms with E-state index in [4.69, 9.17) is 10.9 Å². The first-order valence-electron chi connectivity index (χ1n) is 6.45. The minimum absolute atomic E-state index is 0.0393. The van der Waals surface area contributed by atoms with E-state index in [1.807, 2.05) is 6.92 Å². The lowest BCUT2D eigenvalue weighted by molar-refractivity contribution is -0.121. The fourth-order valence-corrected chi connectivity index (χ4v) is 1.91. The third kappa shape index (κ3) is 3.82. The van der Waals surface area contributed by atoms with E-state index in [1.165, 1.54) is 0 Å². The van der Waals surface area contributed by atoms with Crippen LogP contribution in [0.5, 0.6) is 0 Å². The first-order valence-corrected chi connectivity index (χ1v) is 6.45. The number of oxime groups is 1. The molecular formula is C14H17N5O2. The molecule has 1 aromatic carbocycles. The Morgan fingerprint density at radius 3 is 2.76 bits per heavy atom. The minimum atomic E-state index is -0.177. The predicted octanol–water partition coefficient (Wildman–Crippen LogP) is 0.924. The highest BCUT2D eigenvalue weighted by molar-refractivity contribution is 5.97. The number of imidazole rings is 1. The number of H-pyrrole nitrogens is 1. The molecule has 0 aliphatic heterocycles. The second-order valence-corrected chi connectivity index (χ2v) is 4.62. The minimum Gasteiger partial charge on any atom is -0.409 e. The van der Waals surface area contributed by atoms with E-state index in [0.717, 1.165) is 5.56 Å². The Balaban J connectivity index is 1.93. The zero-order valence-electron chi connectivity index (χ0n) is 11.6. The molecule has 1 aromatic heterocycles. The largest absolute Gasteiger partial charge is 0.409 e. The van der Waals surface area contributed by atoms with Crippen molar-refractivity contribution in [3.05, 3.63) is 53.6 Å². The molecule has 7 heteroatoms. The molecule has 1 amide bonds. The lowest BCUT2D eigenvalue weighted by Crippen LogP contribution is -2.28. The number of amidine groups is 1. The van der Waals surface area contributed by atoms with Crippen LogP contribution in [-0.2, 0) is 11.2 Å². The van der Waals surface area contributed by atoms with Crippen molar-refractivity contribution in [1.82, 2.24) is 15.3 Å². The number of nitrogens with two attached hydrogens (primary N) is 1. The van der Waals surface area contributed by atoms with Gasteiger partial charge in [0.2, 0.25) is 5.91 Å². The number of carbonyl (C=O) groups excluding carboxylic acids is 1. The van der Waals surface area contributed by atoms with Gasteiger partial charge in [-0.3, -0.25) is 4.79 Å². The molecule has 0 spiro atoms. The molecule has 0 aliphatic rings. The van der Waals surface area contributed by atoms with E-state index in [0.29, 0.717) is 11.4 Å². The van der Waals surface area contributed by atoms with Crippen LogP contribution in [0.1, 0.15) is 29.9 Å². The zero-order valence-corrected chi connectivity index (χ0v) is 11.6. The number of hydrogen-bond acceptors (Lipinski definition) is 4. The van der Waals surface area contributed by atoms with Gasteiger partial charge in [0.15, 0.2) is 5.84 Å². The number of amides is 1. The summed E-state index contributed by atoms with van der Waals surface area (Å²) >= 11 is 0. The molecule has 7 nitrogen and oxygen atoms in total. The molecule has 0 saturated carbocycles. The molecule has 0 saturated heterocycles. The summed E-state index contributed by atoms with van der Waals surface area (Å²) in [6.07, 6.45) is 3.61. The van der Waals surface area contributed by atoms with Crippen molar-refractivity contribution in [3.8, 4) is 0 Å². The molecular weight excluding hydrogens is 270 g/mol. The predicted molar refractivity (Wildman–Crippen MR) is 77.8 cm³/mol. The summed E-state index contributed by atoms with van der Waals surface area (Å²) in [5, 5.41) is 14.4. The Kier molecular flexibility index (Phi) is 4.55. The standard InChI is InChI=1S/C14H17N5O2/c1-9(14-16-6-7-17-14)18-12(20)8-10-2-4-11(5-3-10)13(15)19-21/h2-7,9,21H,8H2,1H3,(H2,15,19)(H,16,17)(H,18,20). The maximum absolute atomic E-state index is 12.0. The van der Waals surface area contributed by atoms with E-state index in [1.54, 1.807) is 36.7 Å². The van der Waals surface area contributed by atoms with Crippen molar-refractivity contribution in [2.24, 2.45) is 10.9 Å². The van der Waals surface area contributed by atoms with Gasteiger partial charge in [-0.2, -0.15) is 0 Å². The van der Waals surface area contributed by atoms with Crippen LogP contribution in [-0.4, -0.2) is 26.9 Å². The van der Waals surface area contributed by atoms with Gasteiger partial charge in [-0.15, -0.1) is 0 Å². The Hall–Kier alpha value is -2.83. The number of carbonyl (C=O) groups is 1. The Labute approximate surface area is 121 Å². The summed E-state index contributed by atoms with van der Waals surface area (Å²) in [4.78, 5) is 19.0. The fraction of sp³-hybridized carbons (Fsp3) is 0.214. The summed E-state index contributed by atoms with van der Waals surface area (Å²) in [5.41, 5.74) is 6.92. The molecule has 0 radical (unpaired) electrons. The number of benzene rings is 1. The summed E-state index contributed by atoms with van der Waals surface area (Å²) in [5.74, 6) is 0.651. The van der Waals surface area contributed by atoms with Crippen molar-refractivity contribution in [2.75, 3.05) is 0 Å². The van der Waals surface area contributed by atoms with Gasteiger partial charge in [0.05, 0.1) is 12.5 Å². The van der Waals surface area contributed by atoms with E-state index < -0.39 is 0 Å². The molecule has 1 unspecified atom stereocenters. The van der Waals surface area contributed by atoms with Gasteiger partial charge in [0, 0.05) is 18.0 Å². The highest BCUT2D eigenvalue weighted by Crippen LogP contribution is 2.08. The normalized spacial score (nSPS) is 12.9. The lowest BCUT2D eigenvalue weighted by atomic mass is 10.1. The van der Waals surface area contributed by atoms with Gasteiger partial charge in [-0.05, 0) is 12.5 Å². The molecule has 0 fully saturated rings. The van der Waals surface area contributed by atoms with Gasteiger partial charge in [0.25, 0.3) is 0 Å². The van der Waals surface area contributed by atoms with Crippen LogP contribution >= 0.6 is 0 Å². The Morgan fingerprint density at radius 1 is 1.48 bits per heavy atom. The van der Waals surface area contributed by atoms with Crippen LogP contribution in [0.3, 0.4) is 0 Å². The maximum atomic E-state index is 12.0. The SMILES string of the molecule is CC(NC(=O)Cc1ccc(/C(N)=N/O)cc1)c1ncc[nH]1. The average molecular weight is 287 g/mol. The molecule has 5 N–H and O–H groups in total. The number of nitrogens with zero attached hydrogens (tertiary/aromatic N) is 2. The third-order valence-corrected chi connectivity index (χ3v) is 3.03. The molecule has 0 bridgehead atoms. The molecule has 0 aliphatic carbocycles. The first-order chi connectivity index (χ1) is 10.1. The van der Waals surface area contributed by atoms with Crippen molar-refractivity contribution in [1.29, 1.82) is 0 Å². The van der Waals surface area contributed by atoms with Gasteiger partial charge in [-0.25, -0.2) is 4.98 Å². The van der Waals surface area contributed by atoms with E-state index in [-0.39, 0.29) is 24.2 Å². The number of aromatic amines is 1. The zero-order chi connectivity index (χ0) is 15.2. The molecule has 21 heavy (non-hydrogen) atoms. The molecule has 110 valence electrons. The first kappa shape index (κ1) is 14.6. The van der Waals surface area contributed by atoms with E-state index in [9.17, 15) is 4.79 Å². The maximum Gasteiger partial charge on any atom is 0.224 e. The number of nitrogens with one attached hydrogen (secondary N) is 2. The van der Waals surface area contributed by atoms with Crippen LogP contribution in [0.2, 0.25) is 0 Å². The second-order valence-electron chi connectivity index (χ2n) is 4.62. The molecule has 2 rings (SSSR count). The van der Waals surface area contributed by atoms with Crippen molar-refractivity contribution in [2.45, 2.75) is 19.4 Å². The molecule has 1 atom stereocenters. The van der Waals surface area contributed by atoms with Gasteiger partial charge in [-0.1, -0.05) is 29.4 Å². The smallest absolute Gasteiger partial charge is 0.224 e. The number of aromatic nitrogens is 2. The average Bonchev–Trinajstić information content (AvgIpc) is 3.01. The third-order valence-electron chi connectivity index (χ3n) is 3.03. The summed E-state index contributed by atoms with van der Waals surface area (Å²) in [6.45, 7) is 1.86. The quantitative estimate of drug-likeness (QED) is 0.283. The lowest BCUT2D eigenvalue weighted by Gasteiger charge is -2.11. The summed E-state index contributed by atoms with van der Waals surface area (Å²) < 4.78 is 0. The van der Waals surface area contributed by atoms with E-state index in [2.05, 4.69) is 20.4 Å². The van der Waals surface area contributed by atoms with Crippen LogP contribution in [0, 0.1) is 0 Å². The van der Waals surface area contributed by atoms with Crippen molar-refractivity contribution in [3.63, 3.8) is 0 Å². The van der Waals surface area contributed by atoms with Crippen LogP contribution in [0.25, 0.3) is 0 Å². The van der Waals surface area contributed by atoms with Crippen molar-refractivity contribution < 1.29 is 10.0 Å². The molecule has 1 heterocycles. The van der Waals surface area contributed by atoms with Crippen LogP contribution in [0.15, 0.2) is 41.8 Å². The fourth-order valence-electron chi connectivity index (χ4n) is 1.91. The highest BCUT2D eigenvalue weighted by Gasteiger charge is 2.11. The topological polar surface area (TPSA) is 116 Å². The Morgan fingerprint density at radius 2 is 2.19 bits per heavy atom. The Bertz CT molecular complexity index is 619. The monoisotopic (exact) mass is 287 g/mol.